The van der Waals surface area contributed by atoms with Gasteiger partial charge in [-0.25, -0.2) is 18.0 Å². The fraction of sp³-hybridized carbons (Fsp3) is 0.548. The Hall–Kier alpha value is -3.08. The second kappa shape index (κ2) is 11.9. The first-order valence-corrected chi connectivity index (χ1v) is 15.3. The minimum Gasteiger partial charge on any atom is -0.460 e. The number of pyridine rings is 1. The lowest BCUT2D eigenvalue weighted by atomic mass is 9.87. The topological polar surface area (TPSA) is 88.6 Å². The second-order valence-corrected chi connectivity index (χ2v) is 15.3. The number of likely N-dealkylation sites (tertiary alicyclic amines) is 1. The van der Waals surface area contributed by atoms with E-state index >= 15 is 4.39 Å². The van der Waals surface area contributed by atoms with E-state index in [0.29, 0.717) is 27.7 Å². The highest BCUT2D eigenvalue weighted by Crippen LogP contribution is 2.41. The lowest BCUT2D eigenvalue weighted by molar-refractivity contribution is -0.120. The number of anilines is 1. The minimum absolute atomic E-state index is 0.201. The van der Waals surface area contributed by atoms with Gasteiger partial charge in [0.15, 0.2) is 0 Å². The molecule has 2 atom stereocenters. The summed E-state index contributed by atoms with van der Waals surface area (Å²) in [6.07, 6.45) is 4.06. The van der Waals surface area contributed by atoms with E-state index in [1.54, 1.807) is 51.4 Å². The average molecular weight is 607 g/mol. The fourth-order valence-corrected chi connectivity index (χ4v) is 6.50. The van der Waals surface area contributed by atoms with Crippen LogP contribution in [-0.2, 0) is 24.1 Å². The molecule has 1 N–H and O–H groups in total. The molecule has 2 aliphatic rings. The Morgan fingerprint density at radius 2 is 1.76 bits per heavy atom. The van der Waals surface area contributed by atoms with E-state index in [-0.39, 0.29) is 11.6 Å². The fourth-order valence-electron chi connectivity index (χ4n) is 5.00. The van der Waals surface area contributed by atoms with Gasteiger partial charge in [-0.1, -0.05) is 44.4 Å². The third-order valence-electron chi connectivity index (χ3n) is 7.15. The molecule has 2 heterocycles. The number of benzene rings is 1. The van der Waals surface area contributed by atoms with Gasteiger partial charge in [0.05, 0.1) is 12.2 Å². The van der Waals surface area contributed by atoms with Crippen LogP contribution in [0.1, 0.15) is 84.3 Å². The molecule has 1 unspecified atom stereocenters. The third-order valence-corrected chi connectivity index (χ3v) is 9.19. The molecule has 2 fully saturated rings. The molecule has 1 aromatic heterocycles. The molecule has 0 bridgehead atoms. The van der Waals surface area contributed by atoms with Crippen LogP contribution in [0.3, 0.4) is 0 Å². The lowest BCUT2D eigenvalue weighted by Crippen LogP contribution is -2.45. The average Bonchev–Trinajstić information content (AvgIpc) is 3.64. The van der Waals surface area contributed by atoms with Gasteiger partial charge in [-0.15, -0.1) is 4.86 Å². The molecule has 0 spiro atoms. The van der Waals surface area contributed by atoms with Crippen LogP contribution in [0.4, 0.5) is 23.7 Å². The Kier molecular flexibility index (Phi) is 9.02. The molecule has 0 radical (unpaired) electrons. The smallest absolute Gasteiger partial charge is 0.411 e. The molecule has 2 amide bonds. The molecule has 230 valence electrons. The summed E-state index contributed by atoms with van der Waals surface area (Å²) in [5, 5.41) is 2.45. The summed E-state index contributed by atoms with van der Waals surface area (Å²) >= 11 is 0. The predicted molar refractivity (Wildman–Crippen MR) is 158 cm³/mol. The van der Waals surface area contributed by atoms with Crippen LogP contribution in [0.15, 0.2) is 42.7 Å². The summed E-state index contributed by atoms with van der Waals surface area (Å²) in [6, 6.07) is 6.35. The molecule has 4 rings (SSSR count). The molecule has 1 aliphatic carbocycles. The number of halogens is 3. The van der Waals surface area contributed by atoms with Crippen molar-refractivity contribution >= 4 is 32.9 Å². The second-order valence-electron chi connectivity index (χ2n) is 13.1. The maximum Gasteiger partial charge on any atom is 0.411 e. The van der Waals surface area contributed by atoms with Crippen LogP contribution >= 0.6 is 0 Å². The summed E-state index contributed by atoms with van der Waals surface area (Å²) in [5.74, 6) is -4.95. The van der Waals surface area contributed by atoms with Gasteiger partial charge in [0, 0.05) is 18.8 Å². The van der Waals surface area contributed by atoms with E-state index in [1.807, 2.05) is 20.8 Å². The number of alkyl halides is 2. The normalized spacial score (nSPS) is 20.5. The number of ether oxygens (including phenoxy) is 1. The van der Waals surface area contributed by atoms with E-state index in [9.17, 15) is 22.6 Å². The quantitative estimate of drug-likeness (QED) is 0.216. The monoisotopic (exact) mass is 606 g/mol. The molecule has 1 saturated heterocycles. The Bertz CT molecular complexity index is 1410. The molecule has 42 heavy (non-hydrogen) atoms. The molecule has 11 heteroatoms. The lowest BCUT2D eigenvalue weighted by Gasteiger charge is -2.34. The van der Waals surface area contributed by atoms with Crippen molar-refractivity contribution in [2.45, 2.75) is 95.5 Å². The highest BCUT2D eigenvalue weighted by atomic mass is 32.2. The van der Waals surface area contributed by atoms with Crippen molar-refractivity contribution in [3.63, 3.8) is 0 Å². The van der Waals surface area contributed by atoms with Gasteiger partial charge < -0.3 is 14.3 Å². The van der Waals surface area contributed by atoms with Crippen molar-refractivity contribution in [1.82, 2.24) is 9.88 Å². The third kappa shape index (κ3) is 7.85. The van der Waals surface area contributed by atoms with Crippen LogP contribution in [-0.4, -0.2) is 55.6 Å². The summed E-state index contributed by atoms with van der Waals surface area (Å²) in [7, 11) is -1.43. The van der Waals surface area contributed by atoms with E-state index in [0.717, 1.165) is 18.4 Å². The van der Waals surface area contributed by atoms with Gasteiger partial charge in [0.1, 0.15) is 17.5 Å². The van der Waals surface area contributed by atoms with Crippen molar-refractivity contribution < 1.29 is 31.7 Å². The zero-order valence-electron chi connectivity index (χ0n) is 24.9. The SMILES string of the molecule is CC(C)(C)OC(=O)N1CC(F)(F)C[C@@H]1C(=O)Nc1cc(C(CC2CC2)C(c2ccncc2)=[S-](=O)C(C)(C)C)ccc1F. The summed E-state index contributed by atoms with van der Waals surface area (Å²) in [6.45, 7) is 9.48. The van der Waals surface area contributed by atoms with Crippen LogP contribution in [0.25, 0.3) is 0 Å². The zero-order chi connectivity index (χ0) is 31.0. The highest BCUT2D eigenvalue weighted by molar-refractivity contribution is 7.86. The first-order chi connectivity index (χ1) is 19.4. The van der Waals surface area contributed by atoms with Gasteiger partial charge in [-0.2, -0.15) is 0 Å². The predicted octanol–water partition coefficient (Wildman–Crippen LogP) is 6.67. The number of nitrogens with one attached hydrogen (secondary N) is 1. The summed E-state index contributed by atoms with van der Waals surface area (Å²) in [5.41, 5.74) is 0.250. The van der Waals surface area contributed by atoms with Crippen molar-refractivity contribution in [1.29, 1.82) is 0 Å². The van der Waals surface area contributed by atoms with E-state index in [2.05, 4.69) is 10.3 Å². The number of carbonyl (C=O) groups is 2. The van der Waals surface area contributed by atoms with Gasteiger partial charge >= 0.3 is 6.09 Å². The molecule has 1 saturated carbocycles. The molecular weight excluding hydrogens is 567 g/mol. The Balaban J connectivity index is 1.70. The maximum atomic E-state index is 15.1. The molecule has 1 aliphatic heterocycles. The highest BCUT2D eigenvalue weighted by Gasteiger charge is 2.51. The van der Waals surface area contributed by atoms with E-state index < -0.39 is 63.5 Å². The largest absolute Gasteiger partial charge is 0.460 e. The van der Waals surface area contributed by atoms with E-state index in [4.69, 9.17) is 4.74 Å². The minimum atomic E-state index is -3.31. The number of carbonyl (C=O) groups excluding carboxylic acids is 2. The van der Waals surface area contributed by atoms with Gasteiger partial charge in [0.2, 0.25) is 5.91 Å². The van der Waals surface area contributed by atoms with Gasteiger partial charge in [0.25, 0.3) is 5.92 Å². The number of nitrogens with zero attached hydrogens (tertiary/aromatic N) is 2. The Morgan fingerprint density at radius 1 is 1.12 bits per heavy atom. The van der Waals surface area contributed by atoms with Crippen LogP contribution in [0.5, 0.6) is 0 Å². The van der Waals surface area contributed by atoms with Crippen molar-refractivity contribution in [3.8, 4) is 0 Å². The zero-order valence-corrected chi connectivity index (χ0v) is 25.7. The first kappa shape index (κ1) is 31.8. The Labute approximate surface area is 247 Å². The first-order valence-electron chi connectivity index (χ1n) is 14.1. The van der Waals surface area contributed by atoms with Gasteiger partial charge in [-0.3, -0.25) is 25.1 Å². The number of hydrogen-bond donors (Lipinski definition) is 1. The van der Waals surface area contributed by atoms with Gasteiger partial charge in [-0.05, 0) is 74.4 Å². The van der Waals surface area contributed by atoms with Crippen LogP contribution in [0.2, 0.25) is 0 Å². The van der Waals surface area contributed by atoms with E-state index in [1.165, 1.54) is 12.1 Å². The molecule has 2 aromatic rings. The standard InChI is InChI=1S/C31H39F3N3O4S/c1-29(2,3)41-28(39)37-18-31(33,34)17-25(37)27(38)36-24-16-21(9-10-23(24)32)22(15-19-7-8-19)26(42(40)30(4,5)6)20-11-13-35-14-12-20/h9-14,16,19,22,25H,7-8,15,17-18H2,1-6H3,(H,36,38)/q-1/t22?,25-/m1/s1. The van der Waals surface area contributed by atoms with Crippen molar-refractivity contribution in [3.05, 3.63) is 59.7 Å². The summed E-state index contributed by atoms with van der Waals surface area (Å²) < 4.78 is 62.5. The number of amides is 2. The molecule has 7 nitrogen and oxygen atoms in total. The number of rotatable bonds is 7. The molecule has 1 aromatic carbocycles. The van der Waals surface area contributed by atoms with Crippen molar-refractivity contribution in [2.24, 2.45) is 5.92 Å². The van der Waals surface area contributed by atoms with Crippen molar-refractivity contribution in [2.75, 3.05) is 11.9 Å². The van der Waals surface area contributed by atoms with Crippen LogP contribution in [0, 0.1) is 11.7 Å². The molecular formula is C31H39F3N3O4S-. The summed E-state index contributed by atoms with van der Waals surface area (Å²) in [4.78, 5) is 31.4. The number of hydrogen-bond acceptors (Lipinski definition) is 6. The Morgan fingerprint density at radius 3 is 2.33 bits per heavy atom. The number of aromatic nitrogens is 1. The van der Waals surface area contributed by atoms with Crippen LogP contribution < -0.4 is 5.32 Å². The maximum absolute atomic E-state index is 15.1.